The van der Waals surface area contributed by atoms with Gasteiger partial charge in [0.15, 0.2) is 0 Å². The van der Waals surface area contributed by atoms with Crippen LogP contribution in [0, 0.1) is 0 Å². The molecule has 23 heavy (non-hydrogen) atoms. The van der Waals surface area contributed by atoms with E-state index in [2.05, 4.69) is 15.6 Å². The Hall–Kier alpha value is -2.40. The number of nitrogens with one attached hydrogen (secondary N) is 2. The minimum atomic E-state index is -0.409. The first-order chi connectivity index (χ1) is 11.1. The fourth-order valence-corrected chi connectivity index (χ4v) is 2.22. The van der Waals surface area contributed by atoms with Gasteiger partial charge in [0.1, 0.15) is 0 Å². The SMILES string of the molecule is CC(O)CCNC(=O)NC(C)c1ccc(-c2cccnc2)cc1. The number of hydrogen-bond acceptors (Lipinski definition) is 3. The van der Waals surface area contributed by atoms with Gasteiger partial charge >= 0.3 is 6.03 Å². The van der Waals surface area contributed by atoms with Gasteiger partial charge in [0.05, 0.1) is 12.1 Å². The molecule has 0 saturated heterocycles. The predicted molar refractivity (Wildman–Crippen MR) is 90.9 cm³/mol. The molecule has 0 bridgehead atoms. The summed E-state index contributed by atoms with van der Waals surface area (Å²) in [4.78, 5) is 15.9. The Morgan fingerprint density at radius 2 is 1.91 bits per heavy atom. The van der Waals surface area contributed by atoms with Crippen molar-refractivity contribution in [3.05, 3.63) is 54.4 Å². The number of benzene rings is 1. The summed E-state index contributed by atoms with van der Waals surface area (Å²) in [5.74, 6) is 0. The van der Waals surface area contributed by atoms with Gasteiger partial charge in [0, 0.05) is 18.9 Å². The Morgan fingerprint density at radius 3 is 2.52 bits per heavy atom. The van der Waals surface area contributed by atoms with Crippen LogP contribution in [0.2, 0.25) is 0 Å². The molecule has 0 aliphatic heterocycles. The number of nitrogens with zero attached hydrogens (tertiary/aromatic N) is 1. The molecule has 3 N–H and O–H groups in total. The Labute approximate surface area is 136 Å². The maximum atomic E-state index is 11.8. The first-order valence-corrected chi connectivity index (χ1v) is 7.79. The molecule has 0 saturated carbocycles. The topological polar surface area (TPSA) is 74.2 Å². The van der Waals surface area contributed by atoms with Crippen molar-refractivity contribution in [1.29, 1.82) is 0 Å². The van der Waals surface area contributed by atoms with Crippen LogP contribution in [0.5, 0.6) is 0 Å². The van der Waals surface area contributed by atoms with E-state index in [1.807, 2.05) is 49.5 Å². The van der Waals surface area contributed by atoms with Gasteiger partial charge in [-0.3, -0.25) is 4.98 Å². The summed E-state index contributed by atoms with van der Waals surface area (Å²) in [5, 5.41) is 14.8. The van der Waals surface area contributed by atoms with Crippen LogP contribution in [0.4, 0.5) is 4.79 Å². The molecule has 1 heterocycles. The van der Waals surface area contributed by atoms with Crippen molar-refractivity contribution in [3.63, 3.8) is 0 Å². The van der Waals surface area contributed by atoms with E-state index < -0.39 is 6.10 Å². The number of aliphatic hydroxyl groups excluding tert-OH is 1. The molecule has 2 rings (SSSR count). The van der Waals surface area contributed by atoms with E-state index in [9.17, 15) is 4.79 Å². The van der Waals surface area contributed by atoms with Gasteiger partial charge in [-0.2, -0.15) is 0 Å². The van der Waals surface area contributed by atoms with Crippen LogP contribution in [-0.4, -0.2) is 28.8 Å². The Morgan fingerprint density at radius 1 is 1.17 bits per heavy atom. The summed E-state index contributed by atoms with van der Waals surface area (Å²) in [7, 11) is 0. The van der Waals surface area contributed by atoms with Gasteiger partial charge in [-0.05, 0) is 43.0 Å². The zero-order valence-electron chi connectivity index (χ0n) is 13.5. The van der Waals surface area contributed by atoms with Gasteiger partial charge in [-0.1, -0.05) is 30.3 Å². The quantitative estimate of drug-likeness (QED) is 0.767. The van der Waals surface area contributed by atoms with E-state index in [1.54, 1.807) is 13.1 Å². The van der Waals surface area contributed by atoms with Crippen LogP contribution in [0.1, 0.15) is 31.9 Å². The van der Waals surface area contributed by atoms with Crippen molar-refractivity contribution in [2.24, 2.45) is 0 Å². The molecule has 1 aromatic heterocycles. The van der Waals surface area contributed by atoms with Gasteiger partial charge in [-0.25, -0.2) is 4.79 Å². The maximum Gasteiger partial charge on any atom is 0.315 e. The lowest BCUT2D eigenvalue weighted by molar-refractivity contribution is 0.183. The van der Waals surface area contributed by atoms with Gasteiger partial charge in [-0.15, -0.1) is 0 Å². The molecule has 5 nitrogen and oxygen atoms in total. The molecule has 0 aliphatic rings. The van der Waals surface area contributed by atoms with Crippen molar-refractivity contribution in [2.75, 3.05) is 6.54 Å². The maximum absolute atomic E-state index is 11.8. The van der Waals surface area contributed by atoms with E-state index in [0.717, 1.165) is 16.7 Å². The second kappa shape index (κ2) is 8.29. The monoisotopic (exact) mass is 313 g/mol. The number of aromatic nitrogens is 1. The number of amides is 2. The number of carbonyl (C=O) groups is 1. The fraction of sp³-hybridized carbons (Fsp3) is 0.333. The second-order valence-electron chi connectivity index (χ2n) is 5.62. The van der Waals surface area contributed by atoms with Gasteiger partial charge in [0.25, 0.3) is 0 Å². The van der Waals surface area contributed by atoms with E-state index in [4.69, 9.17) is 5.11 Å². The lowest BCUT2D eigenvalue weighted by Gasteiger charge is -2.16. The number of aliphatic hydroxyl groups is 1. The number of carbonyl (C=O) groups excluding carboxylic acids is 1. The smallest absolute Gasteiger partial charge is 0.315 e. The summed E-state index contributed by atoms with van der Waals surface area (Å²) in [5.41, 5.74) is 3.19. The number of urea groups is 1. The highest BCUT2D eigenvalue weighted by molar-refractivity contribution is 5.74. The molecule has 0 aliphatic carbocycles. The minimum absolute atomic E-state index is 0.0931. The third kappa shape index (κ3) is 5.38. The van der Waals surface area contributed by atoms with Crippen molar-refractivity contribution in [3.8, 4) is 11.1 Å². The fourth-order valence-electron chi connectivity index (χ4n) is 2.22. The zero-order chi connectivity index (χ0) is 16.7. The van der Waals surface area contributed by atoms with Crippen LogP contribution in [-0.2, 0) is 0 Å². The standard InChI is InChI=1S/C18H23N3O2/c1-13(22)9-11-20-18(23)21-14(2)15-5-7-16(8-6-15)17-4-3-10-19-12-17/h3-8,10,12-14,22H,9,11H2,1-2H3,(H2,20,21,23). The molecular formula is C18H23N3O2. The van der Waals surface area contributed by atoms with Gasteiger partial charge < -0.3 is 15.7 Å². The molecule has 2 unspecified atom stereocenters. The molecule has 1 aromatic carbocycles. The zero-order valence-corrected chi connectivity index (χ0v) is 13.5. The Kier molecular flexibility index (Phi) is 6.11. The first-order valence-electron chi connectivity index (χ1n) is 7.79. The van der Waals surface area contributed by atoms with Crippen molar-refractivity contribution in [2.45, 2.75) is 32.4 Å². The van der Waals surface area contributed by atoms with Crippen LogP contribution >= 0.6 is 0 Å². The Bertz CT molecular complexity index is 612. The summed E-state index contributed by atoms with van der Waals surface area (Å²) in [6, 6.07) is 11.7. The normalized spacial score (nSPS) is 13.2. The number of rotatable bonds is 6. The summed E-state index contributed by atoms with van der Waals surface area (Å²) >= 11 is 0. The Balaban J connectivity index is 1.90. The van der Waals surface area contributed by atoms with Crippen molar-refractivity contribution in [1.82, 2.24) is 15.6 Å². The largest absolute Gasteiger partial charge is 0.393 e. The van der Waals surface area contributed by atoms with Crippen LogP contribution in [0.15, 0.2) is 48.8 Å². The van der Waals surface area contributed by atoms with Crippen LogP contribution < -0.4 is 10.6 Å². The van der Waals surface area contributed by atoms with Crippen molar-refractivity contribution >= 4 is 6.03 Å². The van der Waals surface area contributed by atoms with E-state index >= 15 is 0 Å². The molecule has 2 atom stereocenters. The molecule has 0 fully saturated rings. The van der Waals surface area contributed by atoms with Gasteiger partial charge in [0.2, 0.25) is 0 Å². The minimum Gasteiger partial charge on any atom is -0.393 e. The molecule has 5 heteroatoms. The molecular weight excluding hydrogens is 290 g/mol. The average molecular weight is 313 g/mol. The lowest BCUT2D eigenvalue weighted by Crippen LogP contribution is -2.38. The molecule has 2 aromatic rings. The average Bonchev–Trinajstić information content (AvgIpc) is 2.55. The first kappa shape index (κ1) is 17.0. The molecule has 0 radical (unpaired) electrons. The highest BCUT2D eigenvalue weighted by Crippen LogP contribution is 2.21. The van der Waals surface area contributed by atoms with Crippen LogP contribution in [0.25, 0.3) is 11.1 Å². The summed E-state index contributed by atoms with van der Waals surface area (Å²) in [6.07, 6.45) is 3.71. The van der Waals surface area contributed by atoms with E-state index in [1.165, 1.54) is 0 Å². The number of hydrogen-bond donors (Lipinski definition) is 3. The summed E-state index contributed by atoms with van der Waals surface area (Å²) < 4.78 is 0. The third-order valence-corrected chi connectivity index (χ3v) is 3.60. The second-order valence-corrected chi connectivity index (χ2v) is 5.62. The molecule has 0 spiro atoms. The number of pyridine rings is 1. The van der Waals surface area contributed by atoms with Crippen molar-refractivity contribution < 1.29 is 9.90 Å². The van der Waals surface area contributed by atoms with Crippen LogP contribution in [0.3, 0.4) is 0 Å². The predicted octanol–water partition coefficient (Wildman–Crippen LogP) is 2.88. The molecule has 2 amide bonds. The van der Waals surface area contributed by atoms with E-state index in [-0.39, 0.29) is 12.1 Å². The van der Waals surface area contributed by atoms with E-state index in [0.29, 0.717) is 13.0 Å². The molecule has 122 valence electrons. The highest BCUT2D eigenvalue weighted by atomic mass is 16.3. The highest BCUT2D eigenvalue weighted by Gasteiger charge is 2.09. The lowest BCUT2D eigenvalue weighted by atomic mass is 10.0. The third-order valence-electron chi connectivity index (χ3n) is 3.60. The summed E-state index contributed by atoms with van der Waals surface area (Å²) in [6.45, 7) is 4.09.